The minimum atomic E-state index is 0. The molecular formula is C19H31Cl2N3O2. The summed E-state index contributed by atoms with van der Waals surface area (Å²) in [6, 6.07) is 10.5. The molecule has 1 aliphatic carbocycles. The van der Waals surface area contributed by atoms with E-state index >= 15 is 0 Å². The predicted molar refractivity (Wildman–Crippen MR) is 109 cm³/mol. The van der Waals surface area contributed by atoms with E-state index in [1.165, 1.54) is 0 Å². The van der Waals surface area contributed by atoms with Gasteiger partial charge in [-0.25, -0.2) is 0 Å². The van der Waals surface area contributed by atoms with Crippen LogP contribution in [-0.2, 0) is 9.53 Å². The lowest BCUT2D eigenvalue weighted by molar-refractivity contribution is -0.123. The molecule has 1 saturated carbocycles. The number of carbonyl (C=O) groups is 1. The van der Waals surface area contributed by atoms with E-state index in [0.29, 0.717) is 12.3 Å². The van der Waals surface area contributed by atoms with Crippen LogP contribution in [0, 0.1) is 5.92 Å². The number of ether oxygens (including phenoxy) is 1. The second-order valence-electron chi connectivity index (χ2n) is 7.00. The summed E-state index contributed by atoms with van der Waals surface area (Å²) < 4.78 is 5.43. The van der Waals surface area contributed by atoms with Crippen LogP contribution in [0.4, 0.5) is 0 Å². The van der Waals surface area contributed by atoms with Crippen LogP contribution < -0.4 is 11.1 Å². The molecule has 2 aliphatic rings. The maximum atomic E-state index is 12.6. The van der Waals surface area contributed by atoms with Crippen molar-refractivity contribution in [1.82, 2.24) is 10.2 Å². The van der Waals surface area contributed by atoms with E-state index in [1.54, 1.807) is 0 Å². The Morgan fingerprint density at radius 2 is 1.88 bits per heavy atom. The van der Waals surface area contributed by atoms with Gasteiger partial charge in [0.25, 0.3) is 0 Å². The van der Waals surface area contributed by atoms with E-state index in [1.807, 2.05) is 18.2 Å². The Morgan fingerprint density at radius 1 is 1.19 bits per heavy atom. The summed E-state index contributed by atoms with van der Waals surface area (Å²) >= 11 is 0. The van der Waals surface area contributed by atoms with Gasteiger partial charge in [0.1, 0.15) is 0 Å². The Hall–Kier alpha value is -0.850. The van der Waals surface area contributed by atoms with Crippen molar-refractivity contribution in [2.24, 2.45) is 11.7 Å². The third-order valence-corrected chi connectivity index (χ3v) is 5.25. The summed E-state index contributed by atoms with van der Waals surface area (Å²) in [6.07, 6.45) is 3.82. The molecule has 3 atom stereocenters. The fraction of sp³-hybridized carbons (Fsp3) is 0.632. The van der Waals surface area contributed by atoms with Gasteiger partial charge in [-0.1, -0.05) is 36.8 Å². The maximum absolute atomic E-state index is 12.6. The molecule has 1 aromatic rings. The number of nitrogens with one attached hydrogen (secondary N) is 1. The van der Waals surface area contributed by atoms with Gasteiger partial charge in [0.15, 0.2) is 0 Å². The Bertz CT molecular complexity index is 527. The third-order valence-electron chi connectivity index (χ3n) is 5.25. The number of morpholine rings is 1. The largest absolute Gasteiger partial charge is 0.379 e. The van der Waals surface area contributed by atoms with E-state index < -0.39 is 0 Å². The smallest absolute Gasteiger partial charge is 0.220 e. The van der Waals surface area contributed by atoms with Crippen molar-refractivity contribution in [3.05, 3.63) is 35.9 Å². The maximum Gasteiger partial charge on any atom is 0.220 e. The predicted octanol–water partition coefficient (Wildman–Crippen LogP) is 2.54. The number of nitrogens with two attached hydrogens (primary N) is 1. The quantitative estimate of drug-likeness (QED) is 0.765. The molecule has 1 amide bonds. The summed E-state index contributed by atoms with van der Waals surface area (Å²) in [4.78, 5) is 14.9. The number of halogens is 2. The number of amides is 1. The lowest BCUT2D eigenvalue weighted by Gasteiger charge is -2.31. The SMILES string of the molecule is Cl.Cl.N[C@@H]1CCC[C@H]1CC(=O)NC(CN1CCOCC1)c1ccccc1. The molecule has 1 saturated heterocycles. The first-order valence-electron chi connectivity index (χ1n) is 9.12. The van der Waals surface area contributed by atoms with Gasteiger partial charge in [0.2, 0.25) is 5.91 Å². The number of hydrogen-bond acceptors (Lipinski definition) is 4. The molecular weight excluding hydrogens is 373 g/mol. The molecule has 7 heteroatoms. The van der Waals surface area contributed by atoms with Crippen LogP contribution in [0.3, 0.4) is 0 Å². The topological polar surface area (TPSA) is 67.6 Å². The van der Waals surface area contributed by atoms with Gasteiger partial charge in [0.05, 0.1) is 19.3 Å². The Balaban J connectivity index is 0.00000169. The molecule has 0 aromatic heterocycles. The average Bonchev–Trinajstić information content (AvgIpc) is 3.01. The van der Waals surface area contributed by atoms with Gasteiger partial charge in [-0.15, -0.1) is 24.8 Å². The highest BCUT2D eigenvalue weighted by molar-refractivity contribution is 5.85. The van der Waals surface area contributed by atoms with Gasteiger partial charge in [-0.3, -0.25) is 9.69 Å². The minimum absolute atomic E-state index is 0. The van der Waals surface area contributed by atoms with Crippen LogP contribution in [0.5, 0.6) is 0 Å². The highest BCUT2D eigenvalue weighted by atomic mass is 35.5. The van der Waals surface area contributed by atoms with Gasteiger partial charge in [-0.05, 0) is 24.3 Å². The van der Waals surface area contributed by atoms with Crippen molar-refractivity contribution < 1.29 is 9.53 Å². The van der Waals surface area contributed by atoms with Gasteiger partial charge in [0, 0.05) is 32.1 Å². The Morgan fingerprint density at radius 3 is 2.50 bits per heavy atom. The zero-order chi connectivity index (χ0) is 16.8. The van der Waals surface area contributed by atoms with E-state index in [2.05, 4.69) is 22.3 Å². The number of rotatable bonds is 6. The van der Waals surface area contributed by atoms with Gasteiger partial charge >= 0.3 is 0 Å². The second-order valence-corrected chi connectivity index (χ2v) is 7.00. The van der Waals surface area contributed by atoms with Crippen LogP contribution in [-0.4, -0.2) is 49.7 Å². The van der Waals surface area contributed by atoms with E-state index in [-0.39, 0.29) is 42.8 Å². The zero-order valence-corrected chi connectivity index (χ0v) is 16.8. The van der Waals surface area contributed by atoms with Crippen molar-refractivity contribution in [3.63, 3.8) is 0 Å². The lowest BCUT2D eigenvalue weighted by atomic mass is 9.99. The molecule has 0 bridgehead atoms. The van der Waals surface area contributed by atoms with Crippen LogP contribution in [0.15, 0.2) is 30.3 Å². The highest BCUT2D eigenvalue weighted by Gasteiger charge is 2.27. The monoisotopic (exact) mass is 403 g/mol. The summed E-state index contributed by atoms with van der Waals surface area (Å²) in [5, 5.41) is 3.25. The number of hydrogen-bond donors (Lipinski definition) is 2. The fourth-order valence-electron chi connectivity index (χ4n) is 3.77. The number of nitrogens with zero attached hydrogens (tertiary/aromatic N) is 1. The van der Waals surface area contributed by atoms with Crippen LogP contribution in [0.2, 0.25) is 0 Å². The van der Waals surface area contributed by atoms with Crippen LogP contribution in [0.25, 0.3) is 0 Å². The number of carbonyl (C=O) groups excluding carboxylic acids is 1. The van der Waals surface area contributed by atoms with Gasteiger partial charge in [-0.2, -0.15) is 0 Å². The standard InChI is InChI=1S/C19H29N3O2.2ClH/c20-17-8-4-7-16(17)13-19(23)21-18(15-5-2-1-3-6-15)14-22-9-11-24-12-10-22;;/h1-3,5-6,16-18H,4,7-14,20H2,(H,21,23);2*1H/t16-,17+,18?;;/m0../s1. The van der Waals surface area contributed by atoms with Crippen LogP contribution >= 0.6 is 24.8 Å². The minimum Gasteiger partial charge on any atom is -0.379 e. The molecule has 1 unspecified atom stereocenters. The molecule has 1 aromatic carbocycles. The Labute approximate surface area is 168 Å². The molecule has 2 fully saturated rings. The van der Waals surface area contributed by atoms with E-state index in [0.717, 1.165) is 57.7 Å². The van der Waals surface area contributed by atoms with Crippen molar-refractivity contribution in [3.8, 4) is 0 Å². The van der Waals surface area contributed by atoms with E-state index in [9.17, 15) is 4.79 Å². The average molecular weight is 404 g/mol. The fourth-order valence-corrected chi connectivity index (χ4v) is 3.77. The molecule has 5 nitrogen and oxygen atoms in total. The summed E-state index contributed by atoms with van der Waals surface area (Å²) in [6.45, 7) is 4.22. The molecule has 148 valence electrons. The van der Waals surface area contributed by atoms with Crippen molar-refractivity contribution >= 4 is 30.7 Å². The normalized spacial score (nSPS) is 24.2. The van der Waals surface area contributed by atoms with E-state index in [4.69, 9.17) is 10.5 Å². The van der Waals surface area contributed by atoms with Crippen molar-refractivity contribution in [1.29, 1.82) is 0 Å². The molecule has 0 radical (unpaired) electrons. The van der Waals surface area contributed by atoms with Crippen molar-refractivity contribution in [2.45, 2.75) is 37.8 Å². The summed E-state index contributed by atoms with van der Waals surface area (Å²) in [5.41, 5.74) is 7.28. The summed E-state index contributed by atoms with van der Waals surface area (Å²) in [7, 11) is 0. The highest BCUT2D eigenvalue weighted by Crippen LogP contribution is 2.27. The second kappa shape index (κ2) is 11.8. The molecule has 0 spiro atoms. The molecule has 1 aliphatic heterocycles. The first-order chi connectivity index (χ1) is 11.7. The molecule has 3 N–H and O–H groups in total. The molecule has 26 heavy (non-hydrogen) atoms. The first-order valence-corrected chi connectivity index (χ1v) is 9.12. The van der Waals surface area contributed by atoms with Gasteiger partial charge < -0.3 is 15.8 Å². The number of benzene rings is 1. The Kier molecular flexibility index (Phi) is 10.5. The summed E-state index contributed by atoms with van der Waals surface area (Å²) in [5.74, 6) is 0.462. The van der Waals surface area contributed by atoms with Crippen molar-refractivity contribution in [2.75, 3.05) is 32.8 Å². The lowest BCUT2D eigenvalue weighted by Crippen LogP contribution is -2.43. The van der Waals surface area contributed by atoms with Crippen LogP contribution in [0.1, 0.15) is 37.3 Å². The third kappa shape index (κ3) is 6.71. The molecule has 3 rings (SSSR count). The molecule has 1 heterocycles. The first kappa shape index (κ1) is 23.2. The zero-order valence-electron chi connectivity index (χ0n) is 15.1.